The number of ether oxygens (including phenoxy) is 2. The summed E-state index contributed by atoms with van der Waals surface area (Å²) in [5.41, 5.74) is 6.21. The maximum absolute atomic E-state index is 12.4. The molecule has 2 aromatic rings. The first-order chi connectivity index (χ1) is 17.1. The minimum atomic E-state index is -0.316. The molecule has 1 fully saturated rings. The Labute approximate surface area is 210 Å². The van der Waals surface area contributed by atoms with Crippen molar-refractivity contribution in [3.05, 3.63) is 36.4 Å². The number of aromatic nitrogens is 4. The number of nitrogens with zero attached hydrogens (tertiary/aromatic N) is 5. The largest absolute Gasteiger partial charge is 0.380 e. The number of hydrogen-bond acceptors (Lipinski definition) is 7. The molecular formula is C26H44N6O3. The summed E-state index contributed by atoms with van der Waals surface area (Å²) < 4.78 is 15.4. The Morgan fingerprint density at radius 1 is 1.03 bits per heavy atom. The summed E-state index contributed by atoms with van der Waals surface area (Å²) in [6.45, 7) is 10.7. The summed E-state index contributed by atoms with van der Waals surface area (Å²) in [5.74, 6) is 2.52. The second kappa shape index (κ2) is 15.1. The zero-order chi connectivity index (χ0) is 24.9. The minimum absolute atomic E-state index is 0.215. The van der Waals surface area contributed by atoms with Gasteiger partial charge >= 0.3 is 0 Å². The molecule has 2 N–H and O–H groups in total. The van der Waals surface area contributed by atoms with E-state index in [1.165, 1.54) is 6.42 Å². The van der Waals surface area contributed by atoms with Crippen molar-refractivity contribution in [2.24, 2.45) is 11.7 Å². The van der Waals surface area contributed by atoms with Gasteiger partial charge in [0.1, 0.15) is 11.6 Å². The van der Waals surface area contributed by atoms with Gasteiger partial charge in [0.05, 0.1) is 32.3 Å². The van der Waals surface area contributed by atoms with E-state index >= 15 is 0 Å². The van der Waals surface area contributed by atoms with Crippen LogP contribution in [0.3, 0.4) is 0 Å². The Balaban J connectivity index is 1.57. The summed E-state index contributed by atoms with van der Waals surface area (Å²) >= 11 is 0. The highest BCUT2D eigenvalue weighted by atomic mass is 16.5. The number of Topliss-reactive ketones (excluding diaryl/α,β-unsaturated/α-hetero) is 1. The Bertz CT molecular complexity index is 813. The van der Waals surface area contributed by atoms with Crippen molar-refractivity contribution in [2.45, 2.75) is 84.6 Å². The molecule has 0 spiro atoms. The van der Waals surface area contributed by atoms with Gasteiger partial charge < -0.3 is 24.3 Å². The fraction of sp³-hybridized carbons (Fsp3) is 0.731. The van der Waals surface area contributed by atoms with Crippen LogP contribution in [-0.2, 0) is 40.4 Å². The molecule has 0 bridgehead atoms. The standard InChI is InChI=1S/C26H44N6O3/c1-3-34-18-16-31-14-11-28-24(31)20-30(21-25-29-12-15-32(25)17-19-35-4-2)13-6-5-10-23(27)26(33)22-8-7-9-22/h11-12,14-15,22-23H,3-10,13,16-21,27H2,1-2H3. The summed E-state index contributed by atoms with van der Waals surface area (Å²) in [4.78, 5) is 24.0. The van der Waals surface area contributed by atoms with E-state index in [0.717, 1.165) is 76.5 Å². The van der Waals surface area contributed by atoms with Crippen LogP contribution in [0.2, 0.25) is 0 Å². The van der Waals surface area contributed by atoms with E-state index in [9.17, 15) is 4.79 Å². The number of imidazole rings is 2. The fourth-order valence-corrected chi connectivity index (χ4v) is 4.46. The zero-order valence-electron chi connectivity index (χ0n) is 21.6. The van der Waals surface area contributed by atoms with Crippen molar-refractivity contribution in [1.82, 2.24) is 24.0 Å². The van der Waals surface area contributed by atoms with Crippen molar-refractivity contribution in [3.8, 4) is 0 Å². The van der Waals surface area contributed by atoms with Crippen molar-refractivity contribution >= 4 is 5.78 Å². The fourth-order valence-electron chi connectivity index (χ4n) is 4.46. The third kappa shape index (κ3) is 8.83. The Kier molecular flexibility index (Phi) is 11.9. The van der Waals surface area contributed by atoms with Crippen molar-refractivity contribution in [1.29, 1.82) is 0 Å². The van der Waals surface area contributed by atoms with Gasteiger partial charge in [-0.3, -0.25) is 9.69 Å². The number of carbonyl (C=O) groups excluding carboxylic acids is 1. The highest BCUT2D eigenvalue weighted by molar-refractivity contribution is 5.86. The average molecular weight is 489 g/mol. The van der Waals surface area contributed by atoms with Crippen LogP contribution in [0.1, 0.15) is 64.0 Å². The van der Waals surface area contributed by atoms with Crippen LogP contribution in [0.25, 0.3) is 0 Å². The smallest absolute Gasteiger partial charge is 0.152 e. The highest BCUT2D eigenvalue weighted by Crippen LogP contribution is 2.28. The molecule has 35 heavy (non-hydrogen) atoms. The third-order valence-corrected chi connectivity index (χ3v) is 6.81. The minimum Gasteiger partial charge on any atom is -0.380 e. The first-order valence-corrected chi connectivity index (χ1v) is 13.3. The maximum Gasteiger partial charge on any atom is 0.152 e. The lowest BCUT2D eigenvalue weighted by Gasteiger charge is -2.27. The molecule has 2 aromatic heterocycles. The van der Waals surface area contributed by atoms with E-state index in [2.05, 4.69) is 24.0 Å². The van der Waals surface area contributed by atoms with Crippen LogP contribution >= 0.6 is 0 Å². The number of carbonyl (C=O) groups is 1. The van der Waals surface area contributed by atoms with Gasteiger partial charge in [-0.15, -0.1) is 0 Å². The quantitative estimate of drug-likeness (QED) is 0.303. The first kappa shape index (κ1) is 27.5. The SMILES string of the molecule is CCOCCn1ccnc1CN(CCCCC(N)C(=O)C1CCC1)Cc1nccn1CCOCC. The molecule has 1 unspecified atom stereocenters. The first-order valence-electron chi connectivity index (χ1n) is 13.3. The molecule has 1 atom stereocenters. The average Bonchev–Trinajstić information content (AvgIpc) is 3.45. The van der Waals surface area contributed by atoms with Crippen molar-refractivity contribution in [3.63, 3.8) is 0 Å². The number of ketones is 1. The lowest BCUT2D eigenvalue weighted by atomic mass is 9.79. The van der Waals surface area contributed by atoms with E-state index < -0.39 is 0 Å². The van der Waals surface area contributed by atoms with E-state index in [1.807, 2.05) is 38.6 Å². The second-order valence-electron chi connectivity index (χ2n) is 9.31. The summed E-state index contributed by atoms with van der Waals surface area (Å²) in [7, 11) is 0. The number of rotatable bonds is 19. The highest BCUT2D eigenvalue weighted by Gasteiger charge is 2.28. The molecule has 9 nitrogen and oxygen atoms in total. The molecule has 0 amide bonds. The molecule has 1 aliphatic rings. The Hall–Kier alpha value is -2.07. The van der Waals surface area contributed by atoms with Crippen LogP contribution < -0.4 is 5.73 Å². The predicted octanol–water partition coefficient (Wildman–Crippen LogP) is 3.02. The monoisotopic (exact) mass is 488 g/mol. The Morgan fingerprint density at radius 2 is 1.60 bits per heavy atom. The molecule has 2 heterocycles. The molecule has 196 valence electrons. The molecule has 1 saturated carbocycles. The molecular weight excluding hydrogens is 444 g/mol. The van der Waals surface area contributed by atoms with Crippen molar-refractivity contribution in [2.75, 3.05) is 33.0 Å². The van der Waals surface area contributed by atoms with E-state index in [-0.39, 0.29) is 17.7 Å². The van der Waals surface area contributed by atoms with Gasteiger partial charge in [-0.05, 0) is 46.1 Å². The van der Waals surface area contributed by atoms with Crippen LogP contribution in [0.5, 0.6) is 0 Å². The zero-order valence-corrected chi connectivity index (χ0v) is 21.6. The van der Waals surface area contributed by atoms with Gasteiger partial charge in [-0.1, -0.05) is 12.8 Å². The summed E-state index contributed by atoms with van der Waals surface area (Å²) in [6, 6.07) is -0.316. The molecule has 0 aliphatic heterocycles. The van der Waals surface area contributed by atoms with Gasteiger partial charge in [0.2, 0.25) is 0 Å². The molecule has 1 aliphatic carbocycles. The third-order valence-electron chi connectivity index (χ3n) is 6.81. The lowest BCUT2D eigenvalue weighted by Crippen LogP contribution is -2.38. The lowest BCUT2D eigenvalue weighted by molar-refractivity contribution is -0.126. The van der Waals surface area contributed by atoms with Gasteiger partial charge in [0, 0.05) is 57.0 Å². The van der Waals surface area contributed by atoms with Crippen molar-refractivity contribution < 1.29 is 14.3 Å². The molecule has 0 radical (unpaired) electrons. The summed E-state index contributed by atoms with van der Waals surface area (Å²) in [6.07, 6.45) is 13.6. The topological polar surface area (TPSA) is 100 Å². The van der Waals surface area contributed by atoms with Gasteiger partial charge in [0.25, 0.3) is 0 Å². The number of hydrogen-bond donors (Lipinski definition) is 1. The van der Waals surface area contributed by atoms with Crippen LogP contribution in [0, 0.1) is 5.92 Å². The van der Waals surface area contributed by atoms with Crippen LogP contribution in [-0.4, -0.2) is 68.8 Å². The molecule has 3 rings (SSSR count). The molecule has 0 saturated heterocycles. The summed E-state index contributed by atoms with van der Waals surface area (Å²) in [5, 5.41) is 0. The predicted molar refractivity (Wildman–Crippen MR) is 136 cm³/mol. The maximum atomic E-state index is 12.4. The Morgan fingerprint density at radius 3 is 2.09 bits per heavy atom. The van der Waals surface area contributed by atoms with E-state index in [1.54, 1.807) is 0 Å². The number of nitrogens with two attached hydrogens (primary N) is 1. The van der Waals surface area contributed by atoms with E-state index in [0.29, 0.717) is 26.4 Å². The molecule has 0 aromatic carbocycles. The van der Waals surface area contributed by atoms with Crippen LogP contribution in [0.15, 0.2) is 24.8 Å². The molecule has 9 heteroatoms. The second-order valence-corrected chi connectivity index (χ2v) is 9.31. The van der Waals surface area contributed by atoms with Gasteiger partial charge in [0.15, 0.2) is 5.78 Å². The van der Waals surface area contributed by atoms with E-state index in [4.69, 9.17) is 15.2 Å². The van der Waals surface area contributed by atoms with Gasteiger partial charge in [-0.2, -0.15) is 0 Å². The van der Waals surface area contributed by atoms with Gasteiger partial charge in [-0.25, -0.2) is 9.97 Å². The normalized spacial score (nSPS) is 15.0. The number of unbranched alkanes of at least 4 members (excludes halogenated alkanes) is 1. The van der Waals surface area contributed by atoms with Crippen LogP contribution in [0.4, 0.5) is 0 Å².